The molecule has 0 aromatic carbocycles. The van der Waals surface area contributed by atoms with Gasteiger partial charge in [-0.25, -0.2) is 0 Å². The van der Waals surface area contributed by atoms with Crippen LogP contribution in [0, 0.1) is 0 Å². The maximum Gasteiger partial charge on any atom is 0.217 e. The van der Waals surface area contributed by atoms with Crippen LogP contribution in [0.25, 0.3) is 0 Å². The topological polar surface area (TPSA) is 127 Å². The van der Waals surface area contributed by atoms with Gasteiger partial charge in [-0.15, -0.1) is 0 Å². The normalized spacial score (nSPS) is 11.4. The molecule has 0 unspecified atom stereocenters. The Morgan fingerprint density at radius 2 is 2.28 bits per heavy atom. The quantitative estimate of drug-likeness (QED) is 0.171. The summed E-state index contributed by atoms with van der Waals surface area (Å²) in [5, 5.41) is 14.6. The van der Waals surface area contributed by atoms with Crippen molar-refractivity contribution in [3.05, 3.63) is 29.6 Å². The summed E-state index contributed by atoms with van der Waals surface area (Å²) >= 11 is 0. The lowest BCUT2D eigenvalue weighted by molar-refractivity contribution is -0.118. The van der Waals surface area contributed by atoms with E-state index >= 15 is 0 Å². The molecule has 7 nitrogen and oxygen atoms in total. The molecule has 1 heterocycles. The molecule has 1 aromatic heterocycles. The van der Waals surface area contributed by atoms with E-state index < -0.39 is 0 Å². The second kappa shape index (κ2) is 7.23. The van der Waals surface area contributed by atoms with E-state index in [4.69, 9.17) is 16.7 Å². The number of rotatable bonds is 7. The molecule has 0 fully saturated rings. The number of hydrogen-bond acceptors (Lipinski definition) is 5. The molecule has 1 aromatic rings. The summed E-state index contributed by atoms with van der Waals surface area (Å²) in [6.07, 6.45) is 2.67. The molecule has 0 atom stereocenters. The summed E-state index contributed by atoms with van der Waals surface area (Å²) in [6.45, 7) is 1.32. The molecule has 0 saturated heterocycles. The van der Waals surface area contributed by atoms with Gasteiger partial charge in [0.25, 0.3) is 0 Å². The van der Waals surface area contributed by atoms with Crippen molar-refractivity contribution in [2.24, 2.45) is 16.6 Å². The zero-order valence-corrected chi connectivity index (χ0v) is 9.97. The van der Waals surface area contributed by atoms with Gasteiger partial charge in [0.15, 0.2) is 5.84 Å². The van der Waals surface area contributed by atoms with Crippen LogP contribution in [0.15, 0.2) is 23.5 Å². The number of nitrogens with one attached hydrogen (secondary N) is 1. The zero-order chi connectivity index (χ0) is 13.4. The lowest BCUT2D eigenvalue weighted by Crippen LogP contribution is -2.19. The Morgan fingerprint density at radius 1 is 1.50 bits per heavy atom. The molecule has 0 spiro atoms. The number of amidine groups is 1. The fraction of sp³-hybridized carbons (Fsp3) is 0.364. The number of carbonyl (C=O) groups excluding carboxylic acids is 1. The van der Waals surface area contributed by atoms with Crippen LogP contribution in [0.2, 0.25) is 0 Å². The Balaban J connectivity index is 2.41. The Morgan fingerprint density at radius 3 is 2.94 bits per heavy atom. The van der Waals surface area contributed by atoms with Gasteiger partial charge in [0.2, 0.25) is 5.91 Å². The van der Waals surface area contributed by atoms with Crippen LogP contribution in [-0.2, 0) is 11.3 Å². The van der Waals surface area contributed by atoms with Crippen LogP contribution >= 0.6 is 0 Å². The summed E-state index contributed by atoms with van der Waals surface area (Å²) in [5.41, 5.74) is 11.9. The molecule has 98 valence electrons. The number of amides is 1. The molecule has 18 heavy (non-hydrogen) atoms. The summed E-state index contributed by atoms with van der Waals surface area (Å²) in [5.74, 6) is -0.319. The van der Waals surface area contributed by atoms with Crippen molar-refractivity contribution in [3.8, 4) is 0 Å². The molecule has 7 heteroatoms. The monoisotopic (exact) mass is 251 g/mol. The van der Waals surface area contributed by atoms with E-state index in [0.717, 1.165) is 5.56 Å². The maximum atomic E-state index is 10.5. The molecule has 0 bridgehead atoms. The van der Waals surface area contributed by atoms with Crippen LogP contribution in [0.5, 0.6) is 0 Å². The minimum Gasteiger partial charge on any atom is -0.409 e. The first-order chi connectivity index (χ1) is 8.63. The van der Waals surface area contributed by atoms with Gasteiger partial charge < -0.3 is 22.0 Å². The second-order valence-electron chi connectivity index (χ2n) is 3.78. The molecule has 0 aliphatic carbocycles. The van der Waals surface area contributed by atoms with Crippen molar-refractivity contribution in [2.75, 3.05) is 6.54 Å². The smallest absolute Gasteiger partial charge is 0.217 e. The van der Waals surface area contributed by atoms with Gasteiger partial charge in [-0.1, -0.05) is 5.16 Å². The van der Waals surface area contributed by atoms with Crippen LogP contribution < -0.4 is 16.8 Å². The fourth-order valence-corrected chi connectivity index (χ4v) is 1.40. The third-order valence-corrected chi connectivity index (χ3v) is 2.30. The van der Waals surface area contributed by atoms with E-state index in [-0.39, 0.29) is 11.7 Å². The van der Waals surface area contributed by atoms with Gasteiger partial charge in [-0.3, -0.25) is 9.78 Å². The first-order valence-corrected chi connectivity index (χ1v) is 5.55. The highest BCUT2D eigenvalue weighted by Crippen LogP contribution is 2.01. The van der Waals surface area contributed by atoms with Crippen molar-refractivity contribution >= 4 is 11.7 Å². The number of carbonyl (C=O) groups is 1. The van der Waals surface area contributed by atoms with Crippen LogP contribution in [0.1, 0.15) is 24.1 Å². The Labute approximate surface area is 105 Å². The molecule has 0 aliphatic heterocycles. The highest BCUT2D eigenvalue weighted by Gasteiger charge is 2.02. The van der Waals surface area contributed by atoms with E-state index in [0.29, 0.717) is 31.6 Å². The third-order valence-electron chi connectivity index (χ3n) is 2.30. The highest BCUT2D eigenvalue weighted by molar-refractivity contribution is 5.95. The highest BCUT2D eigenvalue weighted by atomic mass is 16.4. The van der Waals surface area contributed by atoms with E-state index in [9.17, 15) is 4.79 Å². The first kappa shape index (κ1) is 13.9. The molecular weight excluding hydrogens is 234 g/mol. The molecule has 0 radical (unpaired) electrons. The average Bonchev–Trinajstić information content (AvgIpc) is 2.37. The van der Waals surface area contributed by atoms with Crippen molar-refractivity contribution in [3.63, 3.8) is 0 Å². The molecule has 0 saturated carbocycles. The summed E-state index contributed by atoms with van der Waals surface area (Å²) in [6, 6.07) is 3.56. The van der Waals surface area contributed by atoms with E-state index in [1.54, 1.807) is 12.3 Å². The number of primary amides is 1. The number of nitrogens with zero attached hydrogens (tertiary/aromatic N) is 2. The summed E-state index contributed by atoms with van der Waals surface area (Å²) < 4.78 is 0. The van der Waals surface area contributed by atoms with Crippen LogP contribution in [0.4, 0.5) is 0 Å². The van der Waals surface area contributed by atoms with Crippen LogP contribution in [-0.4, -0.2) is 28.5 Å². The molecule has 0 aliphatic rings. The molecular formula is C11H17N5O2. The van der Waals surface area contributed by atoms with Gasteiger partial charge in [0, 0.05) is 19.2 Å². The van der Waals surface area contributed by atoms with Crippen molar-refractivity contribution in [2.45, 2.75) is 19.4 Å². The van der Waals surface area contributed by atoms with Crippen molar-refractivity contribution in [1.29, 1.82) is 0 Å². The van der Waals surface area contributed by atoms with Crippen molar-refractivity contribution in [1.82, 2.24) is 10.3 Å². The van der Waals surface area contributed by atoms with E-state index in [2.05, 4.69) is 15.5 Å². The lowest BCUT2D eigenvalue weighted by atomic mass is 10.2. The Hall–Kier alpha value is -2.15. The molecule has 1 rings (SSSR count). The summed E-state index contributed by atoms with van der Waals surface area (Å²) in [7, 11) is 0. The second-order valence-corrected chi connectivity index (χ2v) is 3.78. The Bertz CT molecular complexity index is 433. The van der Waals surface area contributed by atoms with Gasteiger partial charge in [0.1, 0.15) is 5.69 Å². The van der Waals surface area contributed by atoms with Gasteiger partial charge in [-0.2, -0.15) is 0 Å². The number of nitrogens with two attached hydrogens (primary N) is 2. The standard InChI is InChI=1S/C11H17N5O2/c12-10(17)2-1-4-14-7-8-3-5-15-9(6-8)11(13)16-18/h3,5-6,14,18H,1-2,4,7H2,(H2,12,17)(H2,13,16). The number of pyridine rings is 1. The maximum absolute atomic E-state index is 10.5. The largest absolute Gasteiger partial charge is 0.409 e. The number of oxime groups is 1. The molecule has 1 amide bonds. The zero-order valence-electron chi connectivity index (χ0n) is 9.97. The van der Waals surface area contributed by atoms with Gasteiger partial charge in [0.05, 0.1) is 0 Å². The minimum atomic E-state index is -0.296. The van der Waals surface area contributed by atoms with Gasteiger partial charge >= 0.3 is 0 Å². The summed E-state index contributed by atoms with van der Waals surface area (Å²) in [4.78, 5) is 14.5. The van der Waals surface area contributed by atoms with E-state index in [1.165, 1.54) is 0 Å². The Kier molecular flexibility index (Phi) is 5.59. The van der Waals surface area contributed by atoms with E-state index in [1.807, 2.05) is 6.07 Å². The predicted octanol–water partition coefficient (Wildman–Crippen LogP) is -0.469. The lowest BCUT2D eigenvalue weighted by Gasteiger charge is -2.05. The number of aromatic nitrogens is 1. The first-order valence-electron chi connectivity index (χ1n) is 5.55. The number of hydrogen-bond donors (Lipinski definition) is 4. The van der Waals surface area contributed by atoms with Gasteiger partial charge in [-0.05, 0) is 30.7 Å². The molecule has 6 N–H and O–H groups in total. The fourth-order valence-electron chi connectivity index (χ4n) is 1.40. The SMILES string of the molecule is NC(=O)CCCNCc1ccnc(C(N)=NO)c1. The average molecular weight is 251 g/mol. The third kappa shape index (κ3) is 4.79. The predicted molar refractivity (Wildman–Crippen MR) is 66.9 cm³/mol. The van der Waals surface area contributed by atoms with Crippen LogP contribution in [0.3, 0.4) is 0 Å². The minimum absolute atomic E-state index is 0.0226. The van der Waals surface area contributed by atoms with Crippen molar-refractivity contribution < 1.29 is 10.0 Å².